The van der Waals surface area contributed by atoms with Crippen LogP contribution in [0.5, 0.6) is 5.75 Å². The Labute approximate surface area is 163 Å². The molecule has 0 amide bonds. The van der Waals surface area contributed by atoms with Gasteiger partial charge in [-0.25, -0.2) is 4.99 Å². The van der Waals surface area contributed by atoms with Crippen LogP contribution >= 0.6 is 24.0 Å². The minimum atomic E-state index is 0. The smallest absolute Gasteiger partial charge is 0.191 e. The van der Waals surface area contributed by atoms with Crippen molar-refractivity contribution in [3.05, 3.63) is 29.3 Å². The predicted molar refractivity (Wildman–Crippen MR) is 112 cm³/mol. The van der Waals surface area contributed by atoms with Crippen LogP contribution < -0.4 is 15.4 Å². The van der Waals surface area contributed by atoms with Crippen LogP contribution in [0, 0.1) is 12.8 Å². The third kappa shape index (κ3) is 9.32. The van der Waals surface area contributed by atoms with Crippen molar-refractivity contribution in [3.8, 4) is 5.75 Å². The average molecular weight is 449 g/mol. The number of hydrogen-bond acceptors (Lipinski definition) is 3. The second-order valence-corrected chi connectivity index (χ2v) is 5.92. The summed E-state index contributed by atoms with van der Waals surface area (Å²) in [6.07, 6.45) is 0. The molecule has 1 aromatic carbocycles. The quantitative estimate of drug-likeness (QED) is 0.263. The number of benzene rings is 1. The first-order valence-corrected chi connectivity index (χ1v) is 8.30. The van der Waals surface area contributed by atoms with Gasteiger partial charge in [0.2, 0.25) is 0 Å². The van der Waals surface area contributed by atoms with Crippen molar-refractivity contribution in [2.75, 3.05) is 33.4 Å². The summed E-state index contributed by atoms with van der Waals surface area (Å²) in [5.74, 6) is 2.29. The largest absolute Gasteiger partial charge is 0.491 e. The third-order valence-corrected chi connectivity index (χ3v) is 3.20. The number of nitrogens with one attached hydrogen (secondary N) is 2. The van der Waals surface area contributed by atoms with E-state index in [1.165, 1.54) is 5.56 Å². The lowest BCUT2D eigenvalue weighted by molar-refractivity contribution is 0.145. The molecule has 1 aromatic rings. The van der Waals surface area contributed by atoms with Crippen LogP contribution in [0.1, 0.15) is 31.9 Å². The van der Waals surface area contributed by atoms with Crippen LogP contribution in [0.3, 0.4) is 0 Å². The molecule has 0 aliphatic rings. The van der Waals surface area contributed by atoms with Crippen molar-refractivity contribution in [2.24, 2.45) is 10.9 Å². The summed E-state index contributed by atoms with van der Waals surface area (Å²) in [5.41, 5.74) is 2.25. The van der Waals surface area contributed by atoms with Crippen LogP contribution in [0.25, 0.3) is 0 Å². The zero-order valence-electron chi connectivity index (χ0n) is 15.5. The zero-order valence-corrected chi connectivity index (χ0v) is 17.8. The molecule has 0 atom stereocenters. The third-order valence-electron chi connectivity index (χ3n) is 3.20. The van der Waals surface area contributed by atoms with E-state index in [2.05, 4.69) is 61.5 Å². The fourth-order valence-corrected chi connectivity index (χ4v) is 1.97. The van der Waals surface area contributed by atoms with Gasteiger partial charge in [-0.05, 0) is 31.4 Å². The van der Waals surface area contributed by atoms with Crippen LogP contribution in [0.15, 0.2) is 23.2 Å². The van der Waals surface area contributed by atoms with Crippen LogP contribution in [-0.2, 0) is 11.3 Å². The molecule has 1 rings (SSSR count). The predicted octanol–water partition coefficient (Wildman–Crippen LogP) is 3.35. The molecule has 0 aliphatic carbocycles. The minimum absolute atomic E-state index is 0. The molecule has 0 bridgehead atoms. The molecule has 0 spiro atoms. The van der Waals surface area contributed by atoms with E-state index in [9.17, 15) is 0 Å². The number of aryl methyl sites for hydroxylation is 1. The number of aliphatic imine (C=N–C) groups is 1. The number of methoxy groups -OCH3 is 1. The maximum Gasteiger partial charge on any atom is 0.191 e. The van der Waals surface area contributed by atoms with Crippen molar-refractivity contribution in [1.29, 1.82) is 0 Å². The molecule has 0 saturated heterocycles. The highest BCUT2D eigenvalue weighted by Gasteiger charge is 2.05. The molecule has 138 valence electrons. The summed E-state index contributed by atoms with van der Waals surface area (Å²) >= 11 is 0. The lowest BCUT2D eigenvalue weighted by Crippen LogP contribution is -2.39. The number of ether oxygens (including phenoxy) is 2. The van der Waals surface area contributed by atoms with Gasteiger partial charge in [-0.2, -0.15) is 0 Å². The summed E-state index contributed by atoms with van der Waals surface area (Å²) in [6.45, 7) is 11.9. The summed E-state index contributed by atoms with van der Waals surface area (Å²) in [6, 6.07) is 6.21. The average Bonchev–Trinajstić information content (AvgIpc) is 2.51. The van der Waals surface area contributed by atoms with Crippen LogP contribution in [0.4, 0.5) is 0 Å². The van der Waals surface area contributed by atoms with Gasteiger partial charge in [-0.3, -0.25) is 0 Å². The Morgan fingerprint density at radius 3 is 2.58 bits per heavy atom. The molecular formula is C18H32IN3O2. The Morgan fingerprint density at radius 2 is 1.96 bits per heavy atom. The second-order valence-electron chi connectivity index (χ2n) is 5.92. The lowest BCUT2D eigenvalue weighted by Gasteiger charge is -2.14. The molecule has 24 heavy (non-hydrogen) atoms. The SMILES string of the molecule is CCNC(=NCc1ccc(C)cc1OCCOC)NCC(C)C.I. The van der Waals surface area contributed by atoms with E-state index in [1.54, 1.807) is 7.11 Å². The molecule has 0 aromatic heterocycles. The van der Waals surface area contributed by atoms with E-state index < -0.39 is 0 Å². The van der Waals surface area contributed by atoms with Crippen molar-refractivity contribution < 1.29 is 9.47 Å². The Hall–Kier alpha value is -1.02. The van der Waals surface area contributed by atoms with Gasteiger partial charge >= 0.3 is 0 Å². The highest BCUT2D eigenvalue weighted by Crippen LogP contribution is 2.21. The summed E-state index contributed by atoms with van der Waals surface area (Å²) < 4.78 is 10.9. The van der Waals surface area contributed by atoms with Gasteiger partial charge in [0.25, 0.3) is 0 Å². The molecule has 0 radical (unpaired) electrons. The van der Waals surface area contributed by atoms with Gasteiger partial charge in [0.1, 0.15) is 12.4 Å². The number of guanidine groups is 1. The van der Waals surface area contributed by atoms with E-state index in [1.807, 2.05) is 0 Å². The summed E-state index contributed by atoms with van der Waals surface area (Å²) in [5, 5.41) is 6.62. The molecule has 2 N–H and O–H groups in total. The minimum Gasteiger partial charge on any atom is -0.491 e. The first-order chi connectivity index (χ1) is 11.1. The monoisotopic (exact) mass is 449 g/mol. The standard InChI is InChI=1S/C18H31N3O2.HI/c1-6-19-18(20-12-14(2)3)21-13-16-8-7-15(4)11-17(16)23-10-9-22-5;/h7-8,11,14H,6,9-10,12-13H2,1-5H3,(H2,19,20,21);1H. The van der Waals surface area contributed by atoms with E-state index in [0.29, 0.717) is 25.7 Å². The van der Waals surface area contributed by atoms with Crippen molar-refractivity contribution in [1.82, 2.24) is 10.6 Å². The van der Waals surface area contributed by atoms with Gasteiger partial charge in [0.05, 0.1) is 13.2 Å². The van der Waals surface area contributed by atoms with E-state index in [-0.39, 0.29) is 24.0 Å². The summed E-state index contributed by atoms with van der Waals surface area (Å²) in [4.78, 5) is 4.66. The van der Waals surface area contributed by atoms with E-state index in [4.69, 9.17) is 9.47 Å². The van der Waals surface area contributed by atoms with Crippen molar-refractivity contribution >= 4 is 29.9 Å². The topological polar surface area (TPSA) is 54.9 Å². The Morgan fingerprint density at radius 1 is 1.21 bits per heavy atom. The molecule has 5 nitrogen and oxygen atoms in total. The fourth-order valence-electron chi connectivity index (χ4n) is 1.97. The molecule has 0 aliphatic heterocycles. The van der Waals surface area contributed by atoms with Crippen LogP contribution in [-0.4, -0.2) is 39.4 Å². The molecule has 0 saturated carbocycles. The Balaban J connectivity index is 0.00000529. The van der Waals surface area contributed by atoms with Crippen molar-refractivity contribution in [2.45, 2.75) is 34.2 Å². The van der Waals surface area contributed by atoms with Gasteiger partial charge in [0.15, 0.2) is 5.96 Å². The van der Waals surface area contributed by atoms with Gasteiger partial charge < -0.3 is 20.1 Å². The first-order valence-electron chi connectivity index (χ1n) is 8.30. The van der Waals surface area contributed by atoms with Gasteiger partial charge in [-0.1, -0.05) is 26.0 Å². The maximum atomic E-state index is 5.81. The highest BCUT2D eigenvalue weighted by atomic mass is 127. The molecule has 0 heterocycles. The number of rotatable bonds is 9. The Bertz CT molecular complexity index is 493. The second kappa shape index (κ2) is 13.3. The highest BCUT2D eigenvalue weighted by molar-refractivity contribution is 14.0. The Kier molecular flexibility index (Phi) is 12.7. The van der Waals surface area contributed by atoms with Crippen LogP contribution in [0.2, 0.25) is 0 Å². The van der Waals surface area contributed by atoms with Crippen molar-refractivity contribution in [3.63, 3.8) is 0 Å². The number of halogens is 1. The van der Waals surface area contributed by atoms with E-state index >= 15 is 0 Å². The maximum absolute atomic E-state index is 5.81. The number of nitrogens with zero attached hydrogens (tertiary/aromatic N) is 1. The fraction of sp³-hybridized carbons (Fsp3) is 0.611. The molecule has 0 unspecified atom stereocenters. The normalized spacial score (nSPS) is 11.2. The van der Waals surface area contributed by atoms with Gasteiger partial charge in [0, 0.05) is 25.8 Å². The van der Waals surface area contributed by atoms with Gasteiger partial charge in [-0.15, -0.1) is 24.0 Å². The van der Waals surface area contributed by atoms with E-state index in [0.717, 1.165) is 30.4 Å². The molecule has 6 heteroatoms. The summed E-state index contributed by atoms with van der Waals surface area (Å²) in [7, 11) is 1.67. The first kappa shape index (κ1) is 23.0. The zero-order chi connectivity index (χ0) is 17.1. The molecular weight excluding hydrogens is 417 g/mol. The number of hydrogen-bond donors (Lipinski definition) is 2. The molecule has 0 fully saturated rings. The lowest BCUT2D eigenvalue weighted by atomic mass is 10.1.